The van der Waals surface area contributed by atoms with Crippen molar-refractivity contribution in [1.29, 1.82) is 0 Å². The zero-order valence-electron chi connectivity index (χ0n) is 6.40. The van der Waals surface area contributed by atoms with Crippen molar-refractivity contribution in [2.45, 2.75) is 10.4 Å². The molecule has 1 aromatic rings. The molecule has 7 heteroatoms. The molecule has 0 aliphatic rings. The smallest absolute Gasteiger partial charge is 0.446 e. The van der Waals surface area contributed by atoms with Crippen LogP contribution >= 0.6 is 35.0 Å². The van der Waals surface area contributed by atoms with E-state index in [4.69, 9.17) is 28.3 Å². The van der Waals surface area contributed by atoms with Crippen molar-refractivity contribution in [3.05, 3.63) is 22.2 Å². The maximum absolute atomic E-state index is 12.0. The van der Waals surface area contributed by atoms with E-state index in [1.165, 1.54) is 0 Å². The summed E-state index contributed by atoms with van der Waals surface area (Å²) in [6.07, 6.45) is 0. The Labute approximate surface area is 91.8 Å². The minimum atomic E-state index is -4.45. The molecular formula is C7H3Cl2F3OS. The summed E-state index contributed by atoms with van der Waals surface area (Å²) in [6, 6.07) is 2.00. The van der Waals surface area contributed by atoms with Gasteiger partial charge in [0.15, 0.2) is 0 Å². The summed E-state index contributed by atoms with van der Waals surface area (Å²) in [7, 11) is 0. The lowest BCUT2D eigenvalue weighted by atomic mass is 10.3. The first-order valence-corrected chi connectivity index (χ1v) is 4.80. The lowest BCUT2D eigenvalue weighted by molar-refractivity contribution is -0.0328. The summed E-state index contributed by atoms with van der Waals surface area (Å²) in [5, 5.41) is 8.51. The molecule has 14 heavy (non-hydrogen) atoms. The Hall–Kier alpha value is -0.260. The number of halogens is 5. The summed E-state index contributed by atoms with van der Waals surface area (Å²) < 4.78 is 36.0. The summed E-state index contributed by atoms with van der Waals surface area (Å²) in [5.74, 6) is -0.272. The molecule has 0 radical (unpaired) electrons. The Bertz CT molecular complexity index is 330. The van der Waals surface area contributed by atoms with Gasteiger partial charge in [0.1, 0.15) is 5.75 Å². The van der Waals surface area contributed by atoms with E-state index in [-0.39, 0.29) is 20.7 Å². The molecule has 0 saturated heterocycles. The molecule has 0 atom stereocenters. The maximum atomic E-state index is 12.0. The van der Waals surface area contributed by atoms with Crippen LogP contribution in [0.15, 0.2) is 17.0 Å². The number of hydrogen-bond acceptors (Lipinski definition) is 2. The molecule has 0 aliphatic carbocycles. The first-order chi connectivity index (χ1) is 6.29. The van der Waals surface area contributed by atoms with Gasteiger partial charge in [0, 0.05) is 0 Å². The van der Waals surface area contributed by atoms with Gasteiger partial charge in [-0.15, -0.1) is 0 Å². The highest BCUT2D eigenvalue weighted by Crippen LogP contribution is 2.45. The van der Waals surface area contributed by atoms with Crippen LogP contribution in [0.4, 0.5) is 13.2 Å². The monoisotopic (exact) mass is 262 g/mol. The van der Waals surface area contributed by atoms with Gasteiger partial charge in [-0.2, -0.15) is 13.2 Å². The highest BCUT2D eigenvalue weighted by Gasteiger charge is 2.31. The van der Waals surface area contributed by atoms with Crippen molar-refractivity contribution in [3.8, 4) is 5.75 Å². The molecule has 1 rings (SSSR count). The molecular weight excluding hydrogens is 260 g/mol. The van der Waals surface area contributed by atoms with Crippen LogP contribution in [-0.4, -0.2) is 10.6 Å². The third kappa shape index (κ3) is 3.15. The second kappa shape index (κ2) is 4.08. The van der Waals surface area contributed by atoms with E-state index < -0.39 is 17.3 Å². The van der Waals surface area contributed by atoms with Crippen LogP contribution in [0.25, 0.3) is 0 Å². The van der Waals surface area contributed by atoms with Gasteiger partial charge in [0.05, 0.1) is 14.9 Å². The van der Waals surface area contributed by atoms with Gasteiger partial charge >= 0.3 is 5.51 Å². The Morgan fingerprint density at radius 1 is 1.14 bits per heavy atom. The van der Waals surface area contributed by atoms with E-state index in [1.807, 2.05) is 0 Å². The molecule has 0 aliphatic heterocycles. The molecule has 1 N–H and O–H groups in total. The van der Waals surface area contributed by atoms with Crippen molar-refractivity contribution < 1.29 is 18.3 Å². The molecule has 1 nitrogen and oxygen atoms in total. The number of phenolic OH excluding ortho intramolecular Hbond substituents is 1. The standard InChI is InChI=1S/C7H3Cl2F3OS/c8-4-1-3(13)2-5(9)6(4)14-7(10,11)12/h1-2,13H. The quantitative estimate of drug-likeness (QED) is 0.762. The lowest BCUT2D eigenvalue weighted by Crippen LogP contribution is -1.99. The zero-order chi connectivity index (χ0) is 10.9. The molecule has 0 bridgehead atoms. The minimum absolute atomic E-state index is 0.225. The van der Waals surface area contributed by atoms with Crippen molar-refractivity contribution in [3.63, 3.8) is 0 Å². The topological polar surface area (TPSA) is 20.2 Å². The van der Waals surface area contributed by atoms with Crippen LogP contribution in [-0.2, 0) is 0 Å². The van der Waals surface area contributed by atoms with E-state index in [0.29, 0.717) is 0 Å². The molecule has 0 unspecified atom stereocenters. The van der Waals surface area contributed by atoms with Gasteiger partial charge in [0.25, 0.3) is 0 Å². The van der Waals surface area contributed by atoms with Gasteiger partial charge in [-0.25, -0.2) is 0 Å². The number of hydrogen-bond donors (Lipinski definition) is 1. The average molecular weight is 263 g/mol. The molecule has 1 aromatic carbocycles. The van der Waals surface area contributed by atoms with Crippen LogP contribution in [0.5, 0.6) is 5.75 Å². The maximum Gasteiger partial charge on any atom is 0.446 e. The number of alkyl halides is 3. The molecule has 0 saturated carbocycles. The third-order valence-electron chi connectivity index (χ3n) is 1.20. The molecule has 0 fully saturated rings. The normalized spacial score (nSPS) is 11.8. The molecule has 0 aromatic heterocycles. The molecule has 78 valence electrons. The Kier molecular flexibility index (Phi) is 3.44. The minimum Gasteiger partial charge on any atom is -0.508 e. The highest BCUT2D eigenvalue weighted by atomic mass is 35.5. The number of thioether (sulfide) groups is 1. The fraction of sp³-hybridized carbons (Fsp3) is 0.143. The van der Waals surface area contributed by atoms with Gasteiger partial charge in [-0.3, -0.25) is 0 Å². The van der Waals surface area contributed by atoms with Crippen LogP contribution in [0.1, 0.15) is 0 Å². The van der Waals surface area contributed by atoms with Gasteiger partial charge in [-0.1, -0.05) is 23.2 Å². The molecule has 0 heterocycles. The number of rotatable bonds is 1. The van der Waals surface area contributed by atoms with Crippen molar-refractivity contribution in [2.24, 2.45) is 0 Å². The Morgan fingerprint density at radius 3 is 1.93 bits per heavy atom. The van der Waals surface area contributed by atoms with Crippen LogP contribution in [0.2, 0.25) is 10.0 Å². The summed E-state index contributed by atoms with van der Waals surface area (Å²) in [5.41, 5.74) is -4.45. The van der Waals surface area contributed by atoms with Crippen LogP contribution in [0, 0.1) is 0 Å². The van der Waals surface area contributed by atoms with Gasteiger partial charge in [0.2, 0.25) is 0 Å². The van der Waals surface area contributed by atoms with E-state index in [1.54, 1.807) is 0 Å². The van der Waals surface area contributed by atoms with Crippen molar-refractivity contribution >= 4 is 35.0 Å². The van der Waals surface area contributed by atoms with Crippen LogP contribution in [0.3, 0.4) is 0 Å². The van der Waals surface area contributed by atoms with E-state index in [0.717, 1.165) is 12.1 Å². The molecule has 0 amide bonds. The Balaban J connectivity index is 3.09. The number of aromatic hydroxyl groups is 1. The SMILES string of the molecule is Oc1cc(Cl)c(SC(F)(F)F)c(Cl)c1. The summed E-state index contributed by atoms with van der Waals surface area (Å²) in [4.78, 5) is -0.307. The molecule has 0 spiro atoms. The fourth-order valence-electron chi connectivity index (χ4n) is 0.760. The largest absolute Gasteiger partial charge is 0.508 e. The first kappa shape index (κ1) is 11.8. The lowest BCUT2D eigenvalue weighted by Gasteiger charge is -2.09. The number of benzene rings is 1. The third-order valence-corrected chi connectivity index (χ3v) is 2.90. The van der Waals surface area contributed by atoms with Gasteiger partial charge < -0.3 is 5.11 Å². The van der Waals surface area contributed by atoms with Crippen molar-refractivity contribution in [2.75, 3.05) is 0 Å². The fourth-order valence-corrected chi connectivity index (χ4v) is 2.01. The highest BCUT2D eigenvalue weighted by molar-refractivity contribution is 8.00. The predicted octanol–water partition coefficient (Wildman–Crippen LogP) is 4.31. The van der Waals surface area contributed by atoms with E-state index >= 15 is 0 Å². The average Bonchev–Trinajstić information content (AvgIpc) is 1.95. The Morgan fingerprint density at radius 2 is 1.57 bits per heavy atom. The van der Waals surface area contributed by atoms with Gasteiger partial charge in [-0.05, 0) is 23.9 Å². The van der Waals surface area contributed by atoms with Crippen LogP contribution < -0.4 is 0 Å². The van der Waals surface area contributed by atoms with E-state index in [2.05, 4.69) is 0 Å². The second-order valence-corrected chi connectivity index (χ2v) is 4.18. The number of phenols is 1. The van der Waals surface area contributed by atoms with E-state index in [9.17, 15) is 13.2 Å². The zero-order valence-corrected chi connectivity index (χ0v) is 8.73. The first-order valence-electron chi connectivity index (χ1n) is 3.23. The van der Waals surface area contributed by atoms with Crippen molar-refractivity contribution in [1.82, 2.24) is 0 Å². The summed E-state index contributed by atoms with van der Waals surface area (Å²) >= 11 is 10.5. The second-order valence-electron chi connectivity index (χ2n) is 2.29. The predicted molar refractivity (Wildman–Crippen MR) is 50.0 cm³/mol. The summed E-state index contributed by atoms with van der Waals surface area (Å²) in [6.45, 7) is 0.